The Balaban J connectivity index is 2.65. The van der Waals surface area contributed by atoms with Crippen LogP contribution in [0.2, 0.25) is 0 Å². The molecule has 0 saturated carbocycles. The highest BCUT2D eigenvalue weighted by molar-refractivity contribution is 14.1. The maximum Gasteiger partial charge on any atom is 0.252 e. The van der Waals surface area contributed by atoms with Crippen molar-refractivity contribution in [3.05, 3.63) is 31.8 Å². The van der Waals surface area contributed by atoms with Crippen molar-refractivity contribution in [3.63, 3.8) is 0 Å². The average molecular weight is 397 g/mol. The smallest absolute Gasteiger partial charge is 0.252 e. The summed E-state index contributed by atoms with van der Waals surface area (Å²) >= 11 is 5.42. The van der Waals surface area contributed by atoms with Crippen LogP contribution in [0.15, 0.2) is 22.7 Å². The number of hydrogen-bond donors (Lipinski definition) is 2. The second-order valence-corrected chi connectivity index (χ2v) is 5.20. The van der Waals surface area contributed by atoms with Crippen molar-refractivity contribution in [1.82, 2.24) is 5.32 Å². The van der Waals surface area contributed by atoms with Gasteiger partial charge in [0.15, 0.2) is 0 Å². The number of carbonyl (C=O) groups is 2. The summed E-state index contributed by atoms with van der Waals surface area (Å²) in [7, 11) is 0. The van der Waals surface area contributed by atoms with Gasteiger partial charge in [-0.3, -0.25) is 9.59 Å². The van der Waals surface area contributed by atoms with Gasteiger partial charge >= 0.3 is 0 Å². The minimum absolute atomic E-state index is 0.146. The summed E-state index contributed by atoms with van der Waals surface area (Å²) in [5.74, 6) is -0.645. The Morgan fingerprint density at radius 2 is 2.12 bits per heavy atom. The standard InChI is InChI=1S/C10H10BrIN2O2/c11-8-2-1-6(12)5-7(8)10(16)14-4-3-9(13)15/h1-2,5H,3-4H2,(H2,13,15)(H,14,16). The Hall–Kier alpha value is -0.630. The van der Waals surface area contributed by atoms with Crippen LogP contribution in [0.4, 0.5) is 0 Å². The predicted molar refractivity (Wildman–Crippen MR) is 73.0 cm³/mol. The van der Waals surface area contributed by atoms with E-state index in [2.05, 4.69) is 43.8 Å². The number of carbonyl (C=O) groups excluding carboxylic acids is 2. The molecule has 1 aromatic rings. The lowest BCUT2D eigenvalue weighted by atomic mass is 10.2. The van der Waals surface area contributed by atoms with Crippen LogP contribution in [0, 0.1) is 3.57 Å². The molecule has 0 radical (unpaired) electrons. The Kier molecular flexibility index (Phi) is 5.20. The van der Waals surface area contributed by atoms with Gasteiger partial charge in [0.05, 0.1) is 5.56 Å². The lowest BCUT2D eigenvalue weighted by Gasteiger charge is -2.06. The number of primary amides is 1. The van der Waals surface area contributed by atoms with Crippen molar-refractivity contribution < 1.29 is 9.59 Å². The molecule has 16 heavy (non-hydrogen) atoms. The van der Waals surface area contributed by atoms with Gasteiger partial charge < -0.3 is 11.1 Å². The van der Waals surface area contributed by atoms with E-state index in [1.807, 2.05) is 12.1 Å². The molecule has 0 unspecified atom stereocenters. The lowest BCUT2D eigenvalue weighted by molar-refractivity contribution is -0.117. The number of nitrogens with two attached hydrogens (primary N) is 1. The van der Waals surface area contributed by atoms with Crippen LogP contribution in [0.25, 0.3) is 0 Å². The minimum atomic E-state index is -0.429. The van der Waals surface area contributed by atoms with Gasteiger partial charge in [0.25, 0.3) is 5.91 Å². The predicted octanol–water partition coefficient (Wildman–Crippen LogP) is 1.66. The van der Waals surface area contributed by atoms with E-state index in [0.717, 1.165) is 8.04 Å². The third-order valence-electron chi connectivity index (χ3n) is 1.83. The average Bonchev–Trinajstić information content (AvgIpc) is 2.21. The molecule has 0 atom stereocenters. The van der Waals surface area contributed by atoms with E-state index < -0.39 is 5.91 Å². The van der Waals surface area contributed by atoms with Gasteiger partial charge in [-0.2, -0.15) is 0 Å². The van der Waals surface area contributed by atoms with Crippen LogP contribution in [-0.2, 0) is 4.79 Å². The van der Waals surface area contributed by atoms with Crippen LogP contribution in [0.3, 0.4) is 0 Å². The molecular weight excluding hydrogens is 387 g/mol. The quantitative estimate of drug-likeness (QED) is 0.759. The SMILES string of the molecule is NC(=O)CCNC(=O)c1cc(I)ccc1Br. The van der Waals surface area contributed by atoms with Crippen molar-refractivity contribution in [1.29, 1.82) is 0 Å². The molecule has 0 aliphatic carbocycles. The second kappa shape index (κ2) is 6.19. The van der Waals surface area contributed by atoms with Gasteiger partial charge in [0.2, 0.25) is 5.91 Å². The number of rotatable bonds is 4. The van der Waals surface area contributed by atoms with Crippen molar-refractivity contribution in [2.24, 2.45) is 5.73 Å². The molecule has 0 aliphatic rings. The van der Waals surface area contributed by atoms with E-state index in [1.54, 1.807) is 6.07 Å². The molecule has 2 amide bonds. The molecule has 3 N–H and O–H groups in total. The van der Waals surface area contributed by atoms with E-state index in [4.69, 9.17) is 5.73 Å². The molecule has 0 aliphatic heterocycles. The minimum Gasteiger partial charge on any atom is -0.370 e. The maximum absolute atomic E-state index is 11.7. The fourth-order valence-electron chi connectivity index (χ4n) is 1.07. The number of amides is 2. The van der Waals surface area contributed by atoms with Crippen molar-refractivity contribution in [3.8, 4) is 0 Å². The largest absolute Gasteiger partial charge is 0.370 e. The summed E-state index contributed by atoms with van der Waals surface area (Å²) < 4.78 is 1.70. The van der Waals surface area contributed by atoms with Crippen molar-refractivity contribution in [2.75, 3.05) is 6.54 Å². The molecule has 4 nitrogen and oxygen atoms in total. The first-order chi connectivity index (χ1) is 7.50. The molecule has 0 heterocycles. The third kappa shape index (κ3) is 4.09. The van der Waals surface area contributed by atoms with E-state index in [1.165, 1.54) is 0 Å². The summed E-state index contributed by atoms with van der Waals surface area (Å²) in [5.41, 5.74) is 5.52. The summed E-state index contributed by atoms with van der Waals surface area (Å²) in [6, 6.07) is 5.47. The first-order valence-electron chi connectivity index (χ1n) is 4.52. The first-order valence-corrected chi connectivity index (χ1v) is 6.39. The summed E-state index contributed by atoms with van der Waals surface area (Å²) in [6.45, 7) is 0.256. The van der Waals surface area contributed by atoms with Crippen molar-refractivity contribution >= 4 is 50.3 Å². The molecule has 0 aromatic heterocycles. The summed E-state index contributed by atoms with van der Waals surface area (Å²) in [5, 5.41) is 2.63. The van der Waals surface area contributed by atoms with Gasteiger partial charge in [-0.05, 0) is 56.7 Å². The Morgan fingerprint density at radius 3 is 2.75 bits per heavy atom. The highest BCUT2D eigenvalue weighted by atomic mass is 127. The van der Waals surface area contributed by atoms with Crippen LogP contribution < -0.4 is 11.1 Å². The van der Waals surface area contributed by atoms with Crippen LogP contribution >= 0.6 is 38.5 Å². The van der Waals surface area contributed by atoms with Gasteiger partial charge in [0, 0.05) is 21.0 Å². The first kappa shape index (κ1) is 13.4. The summed E-state index contributed by atoms with van der Waals surface area (Å²) in [4.78, 5) is 22.2. The second-order valence-electron chi connectivity index (χ2n) is 3.10. The Morgan fingerprint density at radius 1 is 1.44 bits per heavy atom. The van der Waals surface area contributed by atoms with Crippen LogP contribution in [0.5, 0.6) is 0 Å². The highest BCUT2D eigenvalue weighted by Gasteiger charge is 2.10. The topological polar surface area (TPSA) is 72.2 Å². The van der Waals surface area contributed by atoms with Gasteiger partial charge in [-0.25, -0.2) is 0 Å². The molecule has 1 aromatic carbocycles. The fraction of sp³-hybridized carbons (Fsp3) is 0.200. The molecule has 1 rings (SSSR count). The zero-order valence-electron chi connectivity index (χ0n) is 8.30. The number of benzene rings is 1. The Bertz CT molecular complexity index is 423. The van der Waals surface area contributed by atoms with E-state index in [0.29, 0.717) is 5.56 Å². The molecule has 86 valence electrons. The number of nitrogens with one attached hydrogen (secondary N) is 1. The van der Waals surface area contributed by atoms with Crippen LogP contribution in [-0.4, -0.2) is 18.4 Å². The normalized spacial score (nSPS) is 9.88. The van der Waals surface area contributed by atoms with E-state index >= 15 is 0 Å². The molecular formula is C10H10BrIN2O2. The van der Waals surface area contributed by atoms with E-state index in [-0.39, 0.29) is 18.9 Å². The van der Waals surface area contributed by atoms with Crippen molar-refractivity contribution in [2.45, 2.75) is 6.42 Å². The van der Waals surface area contributed by atoms with Gasteiger partial charge in [0.1, 0.15) is 0 Å². The zero-order chi connectivity index (χ0) is 12.1. The fourth-order valence-corrected chi connectivity index (χ4v) is 1.98. The molecule has 0 bridgehead atoms. The monoisotopic (exact) mass is 396 g/mol. The Labute approximate surface area is 115 Å². The molecule has 0 spiro atoms. The molecule has 0 fully saturated rings. The number of halogens is 2. The highest BCUT2D eigenvalue weighted by Crippen LogP contribution is 2.19. The van der Waals surface area contributed by atoms with Gasteiger partial charge in [-0.15, -0.1) is 0 Å². The van der Waals surface area contributed by atoms with E-state index in [9.17, 15) is 9.59 Å². The van der Waals surface area contributed by atoms with Gasteiger partial charge in [-0.1, -0.05) is 0 Å². The maximum atomic E-state index is 11.7. The molecule has 0 saturated heterocycles. The third-order valence-corrected chi connectivity index (χ3v) is 3.19. The van der Waals surface area contributed by atoms with Crippen LogP contribution in [0.1, 0.15) is 16.8 Å². The zero-order valence-corrected chi connectivity index (χ0v) is 12.0. The summed E-state index contributed by atoms with van der Waals surface area (Å²) in [6.07, 6.45) is 0.146. The lowest BCUT2D eigenvalue weighted by Crippen LogP contribution is -2.28. The number of hydrogen-bond acceptors (Lipinski definition) is 2. The molecule has 6 heteroatoms.